The first kappa shape index (κ1) is 34.1. The minimum atomic E-state index is -4.71. The van der Waals surface area contributed by atoms with Gasteiger partial charge in [0, 0.05) is 49.4 Å². The van der Waals surface area contributed by atoms with Gasteiger partial charge in [0.2, 0.25) is 0 Å². The van der Waals surface area contributed by atoms with Gasteiger partial charge in [0.1, 0.15) is 23.7 Å². The van der Waals surface area contributed by atoms with E-state index in [1.165, 1.54) is 40.1 Å². The number of nitriles is 1. The van der Waals surface area contributed by atoms with E-state index in [2.05, 4.69) is 16.7 Å². The summed E-state index contributed by atoms with van der Waals surface area (Å²) in [6, 6.07) is 8.69. The molecule has 0 aliphatic carbocycles. The Hall–Kier alpha value is -4.81. The van der Waals surface area contributed by atoms with E-state index in [0.29, 0.717) is 55.5 Å². The van der Waals surface area contributed by atoms with Gasteiger partial charge in [0.25, 0.3) is 17.7 Å². The highest BCUT2D eigenvalue weighted by atomic mass is 19.4. The molecule has 2 N–H and O–H groups in total. The molecule has 2 saturated heterocycles. The maximum Gasteiger partial charge on any atom is 0.416 e. The molecule has 258 valence electrons. The Labute approximate surface area is 279 Å². The Bertz CT molecular complexity index is 1780. The van der Waals surface area contributed by atoms with Gasteiger partial charge in [-0.3, -0.25) is 19.3 Å². The minimum absolute atomic E-state index is 0.0305. The lowest BCUT2D eigenvalue weighted by Gasteiger charge is -2.39. The average molecular weight is 682 g/mol. The standard InChI is InChI=1S/C34H35F4N7O4/c1-3-43-31-27(29(42-45(31)24-11-13-49-14-12-24)33(48)44-18-23(40-2)16-25(44)17-39)26(19-7-9-22(35)10-8-19)28(32(43)47)41-30(46)20-5-4-6-21(15-20)34(36,37)38/h4-10,15,23-26,28,40H,3,11-14,16,18H2,1-2H3,(H,41,46)/t23?,25-,26-,28-/m0/s1. The van der Waals surface area contributed by atoms with Crippen molar-refractivity contribution < 1.29 is 36.7 Å². The molecule has 3 aromatic rings. The summed E-state index contributed by atoms with van der Waals surface area (Å²) in [5.41, 5.74) is -0.727. The number of aromatic nitrogens is 2. The molecule has 0 radical (unpaired) electrons. The SMILES string of the molecule is CCN1C(=O)[C@@H](NC(=O)c2cccc(C(F)(F)F)c2)[C@@H](c2ccc(F)cc2)c2c(C(=O)N3CC(NC)C[C@H]3C#N)nn(C3CCOCC3)c21. The van der Waals surface area contributed by atoms with Crippen LogP contribution in [0.1, 0.15) is 75.7 Å². The van der Waals surface area contributed by atoms with Crippen LogP contribution in [0.5, 0.6) is 0 Å². The van der Waals surface area contributed by atoms with Crippen molar-refractivity contribution in [3.63, 3.8) is 0 Å². The van der Waals surface area contributed by atoms with Crippen molar-refractivity contribution in [2.75, 3.05) is 38.3 Å². The number of likely N-dealkylation sites (N-methyl/N-ethyl adjacent to an activating group) is 2. The number of rotatable bonds is 7. The molecule has 4 heterocycles. The zero-order valence-electron chi connectivity index (χ0n) is 26.8. The number of anilines is 1. The number of fused-ring (bicyclic) bond motifs is 1. The van der Waals surface area contributed by atoms with Crippen molar-refractivity contribution in [1.29, 1.82) is 5.26 Å². The van der Waals surface area contributed by atoms with Crippen LogP contribution < -0.4 is 15.5 Å². The van der Waals surface area contributed by atoms with E-state index < -0.39 is 53.3 Å². The Balaban J connectivity index is 1.54. The molecule has 11 nitrogen and oxygen atoms in total. The van der Waals surface area contributed by atoms with Gasteiger partial charge in [-0.25, -0.2) is 9.07 Å². The van der Waals surface area contributed by atoms with Crippen molar-refractivity contribution >= 4 is 23.5 Å². The second kappa shape index (κ2) is 13.6. The van der Waals surface area contributed by atoms with Crippen LogP contribution in [0, 0.1) is 17.1 Å². The second-order valence-corrected chi connectivity index (χ2v) is 12.3. The lowest BCUT2D eigenvalue weighted by molar-refractivity contribution is -0.137. The fourth-order valence-electron chi connectivity index (χ4n) is 6.99. The molecule has 3 aliphatic heterocycles. The largest absolute Gasteiger partial charge is 0.416 e. The van der Waals surface area contributed by atoms with Crippen LogP contribution >= 0.6 is 0 Å². The van der Waals surface area contributed by atoms with Crippen LogP contribution in [0.15, 0.2) is 48.5 Å². The first-order valence-corrected chi connectivity index (χ1v) is 16.1. The number of nitrogens with one attached hydrogen (secondary N) is 2. The molecule has 4 atom stereocenters. The normalized spacial score (nSPS) is 22.9. The van der Waals surface area contributed by atoms with Crippen LogP contribution in [0.3, 0.4) is 0 Å². The zero-order valence-corrected chi connectivity index (χ0v) is 26.8. The van der Waals surface area contributed by atoms with Gasteiger partial charge in [-0.15, -0.1) is 0 Å². The highest BCUT2D eigenvalue weighted by Crippen LogP contribution is 2.45. The molecule has 2 fully saturated rings. The van der Waals surface area contributed by atoms with Crippen molar-refractivity contribution in [1.82, 2.24) is 25.3 Å². The van der Waals surface area contributed by atoms with Gasteiger partial charge in [0.05, 0.1) is 17.7 Å². The van der Waals surface area contributed by atoms with Gasteiger partial charge in [-0.05, 0) is 69.1 Å². The van der Waals surface area contributed by atoms with Gasteiger partial charge in [-0.1, -0.05) is 18.2 Å². The van der Waals surface area contributed by atoms with Crippen LogP contribution in [-0.2, 0) is 15.7 Å². The Morgan fingerprint density at radius 1 is 1.12 bits per heavy atom. The maximum atomic E-state index is 14.5. The molecule has 6 rings (SSSR count). The Kier molecular flexibility index (Phi) is 9.45. The van der Waals surface area contributed by atoms with E-state index in [0.717, 1.165) is 12.1 Å². The number of halogens is 4. The number of amides is 3. The van der Waals surface area contributed by atoms with E-state index >= 15 is 0 Å². The van der Waals surface area contributed by atoms with Crippen molar-refractivity contribution in [3.8, 4) is 6.07 Å². The molecular formula is C34H35F4N7O4. The highest BCUT2D eigenvalue weighted by molar-refractivity contribution is 6.07. The fourth-order valence-corrected chi connectivity index (χ4v) is 6.99. The van der Waals surface area contributed by atoms with E-state index in [4.69, 9.17) is 9.84 Å². The summed E-state index contributed by atoms with van der Waals surface area (Å²) in [6.45, 7) is 2.89. The summed E-state index contributed by atoms with van der Waals surface area (Å²) in [5, 5.41) is 20.6. The lowest BCUT2D eigenvalue weighted by atomic mass is 9.80. The molecule has 3 amide bonds. The molecule has 2 aromatic carbocycles. The average Bonchev–Trinajstić information content (AvgIpc) is 3.71. The van der Waals surface area contributed by atoms with Crippen molar-refractivity contribution in [2.45, 2.75) is 62.4 Å². The quantitative estimate of drug-likeness (QED) is 0.360. The summed E-state index contributed by atoms with van der Waals surface area (Å²) >= 11 is 0. The number of hydrogen-bond acceptors (Lipinski definition) is 7. The van der Waals surface area contributed by atoms with Crippen LogP contribution in [0.4, 0.5) is 23.4 Å². The molecule has 15 heteroatoms. The molecular weight excluding hydrogens is 646 g/mol. The van der Waals surface area contributed by atoms with Crippen LogP contribution in [0.2, 0.25) is 0 Å². The first-order valence-electron chi connectivity index (χ1n) is 16.1. The van der Waals surface area contributed by atoms with Crippen molar-refractivity contribution in [2.24, 2.45) is 0 Å². The molecule has 0 spiro atoms. The number of likely N-dealkylation sites (tertiary alicyclic amines) is 1. The summed E-state index contributed by atoms with van der Waals surface area (Å²) < 4.78 is 62.1. The summed E-state index contributed by atoms with van der Waals surface area (Å²) in [5.74, 6) is -3.40. The maximum absolute atomic E-state index is 14.5. The number of ether oxygens (including phenoxy) is 1. The molecule has 0 bridgehead atoms. The number of alkyl halides is 3. The predicted molar refractivity (Wildman–Crippen MR) is 168 cm³/mol. The highest BCUT2D eigenvalue weighted by Gasteiger charge is 2.49. The lowest BCUT2D eigenvalue weighted by Crippen LogP contribution is -2.56. The van der Waals surface area contributed by atoms with Crippen LogP contribution in [0.25, 0.3) is 0 Å². The number of benzene rings is 2. The van der Waals surface area contributed by atoms with Gasteiger partial charge < -0.3 is 20.3 Å². The molecule has 49 heavy (non-hydrogen) atoms. The smallest absolute Gasteiger partial charge is 0.381 e. The van der Waals surface area contributed by atoms with E-state index in [9.17, 15) is 37.2 Å². The zero-order chi connectivity index (χ0) is 35.0. The molecule has 1 unspecified atom stereocenters. The Morgan fingerprint density at radius 2 is 1.84 bits per heavy atom. The number of nitrogens with zero attached hydrogens (tertiary/aromatic N) is 5. The topological polar surface area (TPSA) is 133 Å². The molecule has 0 saturated carbocycles. The second-order valence-electron chi connectivity index (χ2n) is 12.3. The first-order chi connectivity index (χ1) is 23.5. The van der Waals surface area contributed by atoms with Gasteiger partial charge >= 0.3 is 6.18 Å². The third-order valence-corrected chi connectivity index (χ3v) is 9.50. The number of carbonyl (C=O) groups is 3. The fraction of sp³-hybridized carbons (Fsp3) is 0.441. The number of hydrogen-bond donors (Lipinski definition) is 2. The number of carbonyl (C=O) groups excluding carboxylic acids is 3. The minimum Gasteiger partial charge on any atom is -0.381 e. The summed E-state index contributed by atoms with van der Waals surface area (Å²) in [4.78, 5) is 45.5. The van der Waals surface area contributed by atoms with E-state index in [1.807, 2.05) is 0 Å². The monoisotopic (exact) mass is 681 g/mol. The molecule has 1 aromatic heterocycles. The van der Waals surface area contributed by atoms with Gasteiger partial charge in [-0.2, -0.15) is 23.5 Å². The van der Waals surface area contributed by atoms with Gasteiger partial charge in [0.15, 0.2) is 5.69 Å². The Morgan fingerprint density at radius 3 is 2.47 bits per heavy atom. The summed E-state index contributed by atoms with van der Waals surface area (Å²) in [6.07, 6.45) is -3.25. The van der Waals surface area contributed by atoms with Crippen LogP contribution in [-0.4, -0.2) is 83.9 Å². The van der Waals surface area contributed by atoms with E-state index in [-0.39, 0.29) is 36.4 Å². The van der Waals surface area contributed by atoms with Crippen molar-refractivity contribution in [3.05, 3.63) is 82.3 Å². The van der Waals surface area contributed by atoms with E-state index in [1.54, 1.807) is 18.7 Å². The third-order valence-electron chi connectivity index (χ3n) is 9.50. The third kappa shape index (κ3) is 6.38. The summed E-state index contributed by atoms with van der Waals surface area (Å²) in [7, 11) is 1.74. The molecule has 3 aliphatic rings. The predicted octanol–water partition coefficient (Wildman–Crippen LogP) is 4.02.